The molecule has 77 heavy (non-hydrogen) atoms. The van der Waals surface area contributed by atoms with Crippen LogP contribution in [0, 0.1) is 0 Å². The molecule has 0 saturated carbocycles. The van der Waals surface area contributed by atoms with Crippen LogP contribution in [0.2, 0.25) is 0 Å². The molecule has 0 aliphatic carbocycles. The highest BCUT2D eigenvalue weighted by atomic mass is 16.6. The first kappa shape index (κ1) is 72.0. The molecule has 6 heteroatoms. The highest BCUT2D eigenvalue weighted by molar-refractivity contribution is 5.72. The molecule has 0 bridgehead atoms. The van der Waals surface area contributed by atoms with Gasteiger partial charge in [-0.25, -0.2) is 0 Å². The topological polar surface area (TPSA) is 78.9 Å². The fourth-order valence-corrected chi connectivity index (χ4v) is 7.96. The summed E-state index contributed by atoms with van der Waals surface area (Å²) in [6.45, 7) is 6.27. The van der Waals surface area contributed by atoms with Crippen molar-refractivity contribution in [1.82, 2.24) is 0 Å². The lowest BCUT2D eigenvalue weighted by Gasteiger charge is -2.18. The number of hydrogen-bond acceptors (Lipinski definition) is 6. The minimum absolute atomic E-state index is 0.110. The van der Waals surface area contributed by atoms with Crippen LogP contribution >= 0.6 is 0 Å². The Labute approximate surface area is 473 Å². The third-order valence-corrected chi connectivity index (χ3v) is 12.5. The van der Waals surface area contributed by atoms with E-state index in [0.717, 1.165) is 109 Å². The summed E-state index contributed by atoms with van der Waals surface area (Å²) in [5, 5.41) is 0. The zero-order valence-corrected chi connectivity index (χ0v) is 49.4. The lowest BCUT2D eigenvalue weighted by atomic mass is 10.0. The van der Waals surface area contributed by atoms with Gasteiger partial charge in [0.1, 0.15) is 13.2 Å². The minimum Gasteiger partial charge on any atom is -0.462 e. The number of unbranched alkanes of at least 4 members (excludes halogenated alkanes) is 18. The molecule has 0 aliphatic rings. The van der Waals surface area contributed by atoms with E-state index >= 15 is 0 Å². The van der Waals surface area contributed by atoms with E-state index in [-0.39, 0.29) is 38.0 Å². The van der Waals surface area contributed by atoms with Crippen LogP contribution in [0.5, 0.6) is 0 Å². The van der Waals surface area contributed by atoms with Crippen molar-refractivity contribution >= 4 is 17.9 Å². The summed E-state index contributed by atoms with van der Waals surface area (Å²) in [5.41, 5.74) is 0. The van der Waals surface area contributed by atoms with Gasteiger partial charge >= 0.3 is 17.9 Å². The highest BCUT2D eigenvalue weighted by Gasteiger charge is 2.19. The molecule has 0 heterocycles. The fourth-order valence-electron chi connectivity index (χ4n) is 7.96. The van der Waals surface area contributed by atoms with E-state index in [0.29, 0.717) is 12.8 Å². The van der Waals surface area contributed by atoms with Crippen molar-refractivity contribution in [2.24, 2.45) is 0 Å². The molecule has 0 N–H and O–H groups in total. The molecule has 0 fully saturated rings. The van der Waals surface area contributed by atoms with Crippen LogP contribution in [-0.4, -0.2) is 37.2 Å². The average molecular weight is 1060 g/mol. The monoisotopic (exact) mass is 1060 g/mol. The van der Waals surface area contributed by atoms with Gasteiger partial charge in [0.2, 0.25) is 0 Å². The van der Waals surface area contributed by atoms with Crippen molar-refractivity contribution < 1.29 is 28.6 Å². The molecule has 0 amide bonds. The molecule has 1 unspecified atom stereocenters. The Hall–Kier alpha value is -4.97. The summed E-state index contributed by atoms with van der Waals surface area (Å²) in [6.07, 6.45) is 92.7. The summed E-state index contributed by atoms with van der Waals surface area (Å²) in [6, 6.07) is 0. The minimum atomic E-state index is -0.851. The van der Waals surface area contributed by atoms with Crippen LogP contribution < -0.4 is 0 Å². The molecule has 0 aromatic heterocycles. The summed E-state index contributed by atoms with van der Waals surface area (Å²) in [4.78, 5) is 38.2. The lowest BCUT2D eigenvalue weighted by molar-refractivity contribution is -0.166. The molecule has 0 rings (SSSR count). The van der Waals surface area contributed by atoms with Crippen molar-refractivity contribution in [3.63, 3.8) is 0 Å². The van der Waals surface area contributed by atoms with Gasteiger partial charge in [0.15, 0.2) is 6.10 Å². The first-order valence-electron chi connectivity index (χ1n) is 31.0. The highest BCUT2D eigenvalue weighted by Crippen LogP contribution is 2.14. The molecule has 1 atom stereocenters. The smallest absolute Gasteiger partial charge is 0.309 e. The molecule has 0 aromatic rings. The number of rotatable bonds is 54. The second-order valence-electron chi connectivity index (χ2n) is 19.9. The number of allylic oxidation sites excluding steroid dienone is 25. The maximum atomic E-state index is 12.9. The summed E-state index contributed by atoms with van der Waals surface area (Å²) < 4.78 is 16.8. The first-order valence-corrected chi connectivity index (χ1v) is 31.0. The molecular weight excluding hydrogens is 949 g/mol. The average Bonchev–Trinajstić information content (AvgIpc) is 3.43. The predicted molar refractivity (Wildman–Crippen MR) is 334 cm³/mol. The molecule has 0 spiro atoms. The number of ether oxygens (including phenoxy) is 3. The second kappa shape index (κ2) is 63.6. The fraction of sp³-hybridized carbons (Fsp3) is 0.592. The molecule has 0 aliphatic heterocycles. The van der Waals surface area contributed by atoms with E-state index < -0.39 is 12.1 Å². The standard InChI is InChI=1S/C71H112O6/c1-4-7-10-13-16-19-22-25-28-30-32-34-35-37-38-40-43-46-49-52-55-58-61-64-70(73)76-67-68(66-75-69(72)63-60-57-54-51-48-45-42-27-24-21-18-15-12-9-6-3)77-71(74)65-62-59-56-53-50-47-44-41-39-36-33-31-29-26-23-20-17-14-11-8-5-2/h8-9,11-12,17-18,20-22,25-27,29-30,32-33,36,41-42,44,48,50-51,53,57,60,68H,4-7,10,13-16,19,23-24,28,31,34-35,37-40,43,45-47,49,52,54-56,58-59,61-67H2,1-3H3/b11-8-,12-9-,20-17-,21-18-,25-22-,29-26-,32-30-,36-33-,42-27-,44-41-,51-48-,53-50-,60-57-. The molecule has 432 valence electrons. The van der Waals surface area contributed by atoms with Crippen LogP contribution in [0.3, 0.4) is 0 Å². The molecule has 6 nitrogen and oxygen atoms in total. The van der Waals surface area contributed by atoms with Crippen LogP contribution in [0.1, 0.15) is 252 Å². The van der Waals surface area contributed by atoms with E-state index in [9.17, 15) is 14.4 Å². The summed E-state index contributed by atoms with van der Waals surface area (Å²) in [7, 11) is 0. The van der Waals surface area contributed by atoms with Gasteiger partial charge in [0, 0.05) is 12.8 Å². The van der Waals surface area contributed by atoms with Crippen molar-refractivity contribution in [3.8, 4) is 0 Å². The maximum absolute atomic E-state index is 12.9. The zero-order valence-electron chi connectivity index (χ0n) is 49.4. The van der Waals surface area contributed by atoms with Gasteiger partial charge < -0.3 is 14.2 Å². The van der Waals surface area contributed by atoms with Crippen LogP contribution in [-0.2, 0) is 28.6 Å². The van der Waals surface area contributed by atoms with E-state index in [2.05, 4.69) is 167 Å². The Bertz CT molecular complexity index is 1740. The Morgan fingerprint density at radius 3 is 0.935 bits per heavy atom. The Morgan fingerprint density at radius 2 is 0.558 bits per heavy atom. The van der Waals surface area contributed by atoms with Crippen molar-refractivity contribution in [1.29, 1.82) is 0 Å². The number of carbonyl (C=O) groups is 3. The third kappa shape index (κ3) is 61.8. The zero-order chi connectivity index (χ0) is 55.7. The van der Waals surface area contributed by atoms with Gasteiger partial charge in [-0.1, -0.05) is 262 Å². The quantitative estimate of drug-likeness (QED) is 0.0261. The van der Waals surface area contributed by atoms with Gasteiger partial charge in [-0.3, -0.25) is 14.4 Å². The Balaban J connectivity index is 4.54. The van der Waals surface area contributed by atoms with Crippen molar-refractivity contribution in [3.05, 3.63) is 158 Å². The van der Waals surface area contributed by atoms with Gasteiger partial charge in [-0.15, -0.1) is 0 Å². The predicted octanol–water partition coefficient (Wildman–Crippen LogP) is 21.3. The van der Waals surface area contributed by atoms with Gasteiger partial charge in [-0.05, 0) is 128 Å². The Morgan fingerprint density at radius 1 is 0.286 bits per heavy atom. The van der Waals surface area contributed by atoms with Gasteiger partial charge in [0.25, 0.3) is 0 Å². The van der Waals surface area contributed by atoms with E-state index in [1.165, 1.54) is 96.3 Å². The van der Waals surface area contributed by atoms with Crippen molar-refractivity contribution in [2.75, 3.05) is 13.2 Å². The largest absolute Gasteiger partial charge is 0.462 e. The van der Waals surface area contributed by atoms with Crippen LogP contribution in [0.15, 0.2) is 158 Å². The number of hydrogen-bond donors (Lipinski definition) is 0. The maximum Gasteiger partial charge on any atom is 0.309 e. The van der Waals surface area contributed by atoms with Crippen molar-refractivity contribution in [2.45, 2.75) is 258 Å². The molecule has 0 saturated heterocycles. The normalized spacial score (nSPS) is 13.2. The number of esters is 3. The lowest BCUT2D eigenvalue weighted by Crippen LogP contribution is -2.30. The Kier molecular flexibility index (Phi) is 59.5. The number of carbonyl (C=O) groups excluding carboxylic acids is 3. The molecule has 0 radical (unpaired) electrons. The second-order valence-corrected chi connectivity index (χ2v) is 19.9. The molecular formula is C71H112O6. The summed E-state index contributed by atoms with van der Waals surface area (Å²) >= 11 is 0. The SMILES string of the molecule is CC/C=C\C/C=C\C/C=C\C/C=C\C/C=C\C/C=C\CCCCC(=O)OC(COC(=O)C/C=C\C/C=C\C/C=C\C/C=C\C/C=C\CC)COC(=O)CCCCCCCCCCCCC/C=C\C/C=C\CCCCCCC. The molecule has 0 aromatic carbocycles. The third-order valence-electron chi connectivity index (χ3n) is 12.5. The summed E-state index contributed by atoms with van der Waals surface area (Å²) in [5.74, 6) is -1.12. The van der Waals surface area contributed by atoms with Crippen LogP contribution in [0.25, 0.3) is 0 Å². The van der Waals surface area contributed by atoms with Crippen LogP contribution in [0.4, 0.5) is 0 Å². The first-order chi connectivity index (χ1) is 38.0. The van der Waals surface area contributed by atoms with E-state index in [4.69, 9.17) is 14.2 Å². The van der Waals surface area contributed by atoms with Gasteiger partial charge in [-0.2, -0.15) is 0 Å². The van der Waals surface area contributed by atoms with E-state index in [1.54, 1.807) is 6.08 Å². The van der Waals surface area contributed by atoms with E-state index in [1.807, 2.05) is 6.08 Å². The van der Waals surface area contributed by atoms with Gasteiger partial charge in [0.05, 0.1) is 6.42 Å².